The van der Waals surface area contributed by atoms with Crippen LogP contribution in [0.3, 0.4) is 0 Å². The van der Waals surface area contributed by atoms with Crippen LogP contribution < -0.4 is 4.90 Å². The fraction of sp³-hybridized carbons (Fsp3) is 0.385. The van der Waals surface area contributed by atoms with Crippen molar-refractivity contribution in [2.45, 2.75) is 25.3 Å². The summed E-state index contributed by atoms with van der Waals surface area (Å²) in [5, 5.41) is 8.54. The van der Waals surface area contributed by atoms with Gasteiger partial charge in [0.05, 0.1) is 5.56 Å². The second-order valence-electron chi connectivity index (χ2n) is 4.91. The van der Waals surface area contributed by atoms with Crippen LogP contribution in [0.25, 0.3) is 0 Å². The maximum atomic E-state index is 14.1. The molecular formula is C13H10ClFN4O2. The van der Waals surface area contributed by atoms with Gasteiger partial charge in [-0.25, -0.2) is 19.1 Å². The van der Waals surface area contributed by atoms with Crippen LogP contribution in [-0.4, -0.2) is 34.4 Å². The largest absolute Gasteiger partial charge is 0.333 e. The summed E-state index contributed by atoms with van der Waals surface area (Å²) >= 11 is 5.77. The fourth-order valence-corrected chi connectivity index (χ4v) is 2.85. The number of nitriles is 1. The smallest absolute Gasteiger partial charge is 0.312 e. The molecule has 0 aromatic carbocycles. The minimum absolute atomic E-state index is 0.144. The average Bonchev–Trinajstić information content (AvgIpc) is 2.74. The molecule has 1 unspecified atom stereocenters. The molecule has 108 valence electrons. The Balaban J connectivity index is 2.05. The lowest BCUT2D eigenvalue weighted by Gasteiger charge is -2.25. The van der Waals surface area contributed by atoms with E-state index in [4.69, 9.17) is 16.9 Å². The van der Waals surface area contributed by atoms with E-state index in [2.05, 4.69) is 4.98 Å². The number of nitrogens with zero attached hydrogens (tertiary/aromatic N) is 4. The van der Waals surface area contributed by atoms with Crippen LogP contribution in [0.15, 0.2) is 6.07 Å². The van der Waals surface area contributed by atoms with Gasteiger partial charge >= 0.3 is 6.03 Å². The maximum absolute atomic E-state index is 14.1. The van der Waals surface area contributed by atoms with Gasteiger partial charge in [-0.05, 0) is 25.3 Å². The van der Waals surface area contributed by atoms with Gasteiger partial charge in [-0.15, -0.1) is 0 Å². The quantitative estimate of drug-likeness (QED) is 0.588. The van der Waals surface area contributed by atoms with Gasteiger partial charge in [0.15, 0.2) is 11.6 Å². The number of fused-ring (bicyclic) bond motifs is 1. The van der Waals surface area contributed by atoms with Crippen molar-refractivity contribution in [2.24, 2.45) is 0 Å². The third-order valence-corrected chi connectivity index (χ3v) is 3.98. The molecule has 3 heterocycles. The first kappa shape index (κ1) is 13.8. The van der Waals surface area contributed by atoms with Crippen molar-refractivity contribution in [3.05, 3.63) is 22.6 Å². The molecule has 0 radical (unpaired) electrons. The minimum atomic E-state index is -0.919. The van der Waals surface area contributed by atoms with Crippen LogP contribution in [0.4, 0.5) is 15.0 Å². The highest BCUT2D eigenvalue weighted by atomic mass is 35.5. The molecule has 0 spiro atoms. The van der Waals surface area contributed by atoms with E-state index in [1.165, 1.54) is 4.90 Å². The Hall–Kier alpha value is -2.20. The van der Waals surface area contributed by atoms with Crippen molar-refractivity contribution in [1.82, 2.24) is 9.88 Å². The number of imide groups is 1. The van der Waals surface area contributed by atoms with Crippen molar-refractivity contribution < 1.29 is 14.0 Å². The van der Waals surface area contributed by atoms with Gasteiger partial charge in [-0.2, -0.15) is 5.26 Å². The van der Waals surface area contributed by atoms with E-state index in [0.29, 0.717) is 13.0 Å². The maximum Gasteiger partial charge on any atom is 0.333 e. The lowest BCUT2D eigenvalue weighted by Crippen LogP contribution is -2.39. The van der Waals surface area contributed by atoms with Gasteiger partial charge in [0, 0.05) is 6.54 Å². The molecule has 2 aliphatic rings. The minimum Gasteiger partial charge on any atom is -0.312 e. The van der Waals surface area contributed by atoms with Crippen LogP contribution in [0, 0.1) is 17.1 Å². The molecule has 1 aromatic heterocycles. The van der Waals surface area contributed by atoms with Crippen LogP contribution >= 0.6 is 11.6 Å². The van der Waals surface area contributed by atoms with E-state index >= 15 is 0 Å². The third kappa shape index (κ3) is 2.03. The van der Waals surface area contributed by atoms with E-state index in [-0.39, 0.29) is 10.7 Å². The number of amides is 3. The number of piperidine rings is 1. The van der Waals surface area contributed by atoms with Gasteiger partial charge < -0.3 is 4.90 Å². The molecule has 3 rings (SSSR count). The van der Waals surface area contributed by atoms with Gasteiger partial charge in [0.1, 0.15) is 17.3 Å². The fourth-order valence-electron chi connectivity index (χ4n) is 2.68. The second-order valence-corrected chi connectivity index (χ2v) is 5.26. The molecule has 6 nitrogen and oxygen atoms in total. The number of hydrogen-bond acceptors (Lipinski definition) is 4. The molecule has 0 bridgehead atoms. The van der Waals surface area contributed by atoms with Crippen molar-refractivity contribution in [3.8, 4) is 6.07 Å². The molecule has 1 atom stereocenters. The number of aromatic nitrogens is 1. The summed E-state index contributed by atoms with van der Waals surface area (Å²) < 4.78 is 14.1. The summed E-state index contributed by atoms with van der Waals surface area (Å²) in [5.41, 5.74) is -0.144. The number of halogens is 2. The number of pyridine rings is 1. The summed E-state index contributed by atoms with van der Waals surface area (Å²) in [6.45, 7) is 0.470. The van der Waals surface area contributed by atoms with Crippen molar-refractivity contribution in [2.75, 3.05) is 11.4 Å². The molecule has 1 aromatic rings. The number of carbonyl (C=O) groups is 2. The number of hydrogen-bond donors (Lipinski definition) is 0. The van der Waals surface area contributed by atoms with Gasteiger partial charge in [0.25, 0.3) is 5.91 Å². The highest BCUT2D eigenvalue weighted by molar-refractivity contribution is 6.31. The Labute approximate surface area is 124 Å². The van der Waals surface area contributed by atoms with Crippen molar-refractivity contribution >= 4 is 29.4 Å². The van der Waals surface area contributed by atoms with E-state index in [1.54, 1.807) is 6.07 Å². The first-order valence-corrected chi connectivity index (χ1v) is 6.83. The SMILES string of the molecule is N#Cc1cc(F)c(N2C(=O)C3CCCCN3C2=O)nc1Cl. The molecule has 0 saturated carbocycles. The Morgan fingerprint density at radius 3 is 2.86 bits per heavy atom. The topological polar surface area (TPSA) is 77.3 Å². The van der Waals surface area contributed by atoms with Crippen LogP contribution in [0.5, 0.6) is 0 Å². The molecule has 21 heavy (non-hydrogen) atoms. The molecule has 0 N–H and O–H groups in total. The molecule has 8 heteroatoms. The summed E-state index contributed by atoms with van der Waals surface area (Å²) in [7, 11) is 0. The summed E-state index contributed by atoms with van der Waals surface area (Å²) in [5.74, 6) is -1.85. The zero-order valence-electron chi connectivity index (χ0n) is 10.8. The van der Waals surface area contributed by atoms with E-state index in [9.17, 15) is 14.0 Å². The Morgan fingerprint density at radius 2 is 2.19 bits per heavy atom. The van der Waals surface area contributed by atoms with Crippen molar-refractivity contribution in [3.63, 3.8) is 0 Å². The summed E-state index contributed by atoms with van der Waals surface area (Å²) in [6.07, 6.45) is 2.22. The first-order chi connectivity index (χ1) is 10.0. The monoisotopic (exact) mass is 308 g/mol. The lowest BCUT2D eigenvalue weighted by atomic mass is 10.0. The molecule has 2 aliphatic heterocycles. The zero-order chi connectivity index (χ0) is 15.1. The van der Waals surface area contributed by atoms with Crippen LogP contribution in [-0.2, 0) is 4.79 Å². The van der Waals surface area contributed by atoms with E-state index in [1.807, 2.05) is 0 Å². The molecule has 3 amide bonds. The highest BCUT2D eigenvalue weighted by Crippen LogP contribution is 2.32. The van der Waals surface area contributed by atoms with Crippen molar-refractivity contribution in [1.29, 1.82) is 5.26 Å². The zero-order valence-corrected chi connectivity index (χ0v) is 11.6. The molecule has 2 fully saturated rings. The predicted molar refractivity (Wildman–Crippen MR) is 71.1 cm³/mol. The third-order valence-electron chi connectivity index (χ3n) is 3.69. The molecular weight excluding hydrogens is 299 g/mol. The summed E-state index contributed by atoms with van der Waals surface area (Å²) in [6, 6.07) is 1.43. The number of carbonyl (C=O) groups excluding carboxylic acids is 2. The lowest BCUT2D eigenvalue weighted by molar-refractivity contribution is -0.120. The first-order valence-electron chi connectivity index (χ1n) is 6.45. The molecule has 0 aliphatic carbocycles. The Morgan fingerprint density at radius 1 is 1.43 bits per heavy atom. The Bertz CT molecular complexity index is 663. The number of rotatable bonds is 1. The number of urea groups is 1. The van der Waals surface area contributed by atoms with Gasteiger partial charge in [-0.1, -0.05) is 11.6 Å². The second kappa shape index (κ2) is 4.97. The normalized spacial score (nSPS) is 21.5. The van der Waals surface area contributed by atoms with E-state index in [0.717, 1.165) is 23.8 Å². The average molecular weight is 309 g/mol. The Kier molecular flexibility index (Phi) is 3.26. The number of anilines is 1. The standard InChI is InChI=1S/C13H10ClFN4O2/c14-10-7(6-16)5-8(15)11(17-10)19-12(20)9-3-1-2-4-18(9)13(19)21/h5,9H,1-4H2. The van der Waals surface area contributed by atoms with Gasteiger partial charge in [-0.3, -0.25) is 4.79 Å². The molecule has 2 saturated heterocycles. The van der Waals surface area contributed by atoms with Crippen LogP contribution in [0.2, 0.25) is 5.15 Å². The predicted octanol–water partition coefficient (Wildman–Crippen LogP) is 2.07. The highest BCUT2D eigenvalue weighted by Gasteiger charge is 2.48. The van der Waals surface area contributed by atoms with Gasteiger partial charge in [0.2, 0.25) is 0 Å². The summed E-state index contributed by atoms with van der Waals surface area (Å²) in [4.78, 5) is 30.5. The van der Waals surface area contributed by atoms with Crippen LogP contribution in [0.1, 0.15) is 24.8 Å². The van der Waals surface area contributed by atoms with E-state index < -0.39 is 29.6 Å².